The van der Waals surface area contributed by atoms with Gasteiger partial charge in [-0.1, -0.05) is 39.5 Å². The Kier molecular flexibility index (Phi) is 15.4. The first-order chi connectivity index (χ1) is 9.22. The SMILES string of the molecule is CCCCCCC(=O)C[S+](C)C.CCCCS(=O)(=O)[O-]. The van der Waals surface area contributed by atoms with Gasteiger partial charge in [0.15, 0.2) is 11.5 Å². The zero-order valence-electron chi connectivity index (χ0n) is 13.3. The third-order valence-electron chi connectivity index (χ3n) is 2.51. The van der Waals surface area contributed by atoms with Crippen LogP contribution in [0.4, 0.5) is 0 Å². The maximum Gasteiger partial charge on any atom is 0.181 e. The molecule has 0 saturated carbocycles. The van der Waals surface area contributed by atoms with Crippen LogP contribution >= 0.6 is 0 Å². The summed E-state index contributed by atoms with van der Waals surface area (Å²) in [6.45, 7) is 4.03. The van der Waals surface area contributed by atoms with Gasteiger partial charge >= 0.3 is 0 Å². The summed E-state index contributed by atoms with van der Waals surface area (Å²) in [6, 6.07) is 0. The molecule has 0 bridgehead atoms. The molecular weight excluding hydrogens is 296 g/mol. The molecule has 0 aliphatic rings. The largest absolute Gasteiger partial charge is 0.748 e. The summed E-state index contributed by atoms with van der Waals surface area (Å²) in [7, 11) is -3.64. The Bertz CT molecular complexity index is 324. The Morgan fingerprint density at radius 1 is 1.00 bits per heavy atom. The van der Waals surface area contributed by atoms with Crippen molar-refractivity contribution in [2.75, 3.05) is 24.0 Å². The van der Waals surface area contributed by atoms with Crippen LogP contribution in [-0.2, 0) is 25.8 Å². The number of rotatable bonds is 10. The number of carbonyl (C=O) groups is 1. The summed E-state index contributed by atoms with van der Waals surface area (Å²) in [6.07, 6.45) is 11.1. The molecule has 0 aliphatic heterocycles. The maximum absolute atomic E-state index is 11.2. The lowest BCUT2D eigenvalue weighted by Gasteiger charge is -2.02. The van der Waals surface area contributed by atoms with Crippen molar-refractivity contribution in [1.29, 1.82) is 0 Å². The van der Waals surface area contributed by atoms with Crippen LogP contribution in [-0.4, -0.2) is 42.8 Å². The second-order valence-electron chi connectivity index (χ2n) is 5.09. The van der Waals surface area contributed by atoms with Gasteiger partial charge in [-0.3, -0.25) is 4.79 Å². The molecule has 0 aromatic carbocycles. The quantitative estimate of drug-likeness (QED) is 0.351. The molecule has 122 valence electrons. The van der Waals surface area contributed by atoms with Gasteiger partial charge in [-0.05, 0) is 23.7 Å². The van der Waals surface area contributed by atoms with Crippen molar-refractivity contribution in [2.24, 2.45) is 0 Å². The van der Waals surface area contributed by atoms with Crippen molar-refractivity contribution >= 4 is 26.8 Å². The van der Waals surface area contributed by atoms with Gasteiger partial charge in [0.25, 0.3) is 0 Å². The van der Waals surface area contributed by atoms with Crippen LogP contribution in [0.15, 0.2) is 0 Å². The van der Waals surface area contributed by atoms with Crippen molar-refractivity contribution in [3.8, 4) is 0 Å². The minimum Gasteiger partial charge on any atom is -0.748 e. The number of hydrogen-bond donors (Lipinski definition) is 0. The summed E-state index contributed by atoms with van der Waals surface area (Å²) in [5.74, 6) is 1.04. The third-order valence-corrected chi connectivity index (χ3v) is 4.19. The summed E-state index contributed by atoms with van der Waals surface area (Å²) >= 11 is 0. The zero-order valence-corrected chi connectivity index (χ0v) is 14.9. The van der Waals surface area contributed by atoms with Crippen LogP contribution in [0.3, 0.4) is 0 Å². The third kappa shape index (κ3) is 23.1. The Morgan fingerprint density at radius 3 is 1.90 bits per heavy atom. The molecule has 0 aliphatic carbocycles. The lowest BCUT2D eigenvalue weighted by atomic mass is 10.1. The van der Waals surface area contributed by atoms with Crippen molar-refractivity contribution < 1.29 is 17.8 Å². The van der Waals surface area contributed by atoms with Crippen molar-refractivity contribution in [2.45, 2.75) is 58.8 Å². The Labute approximate surface area is 127 Å². The predicted octanol–water partition coefficient (Wildman–Crippen LogP) is 2.74. The molecule has 0 heterocycles. The van der Waals surface area contributed by atoms with E-state index in [4.69, 9.17) is 0 Å². The van der Waals surface area contributed by atoms with E-state index in [2.05, 4.69) is 19.4 Å². The fourth-order valence-corrected chi connectivity index (χ4v) is 2.89. The molecule has 0 saturated heterocycles. The maximum atomic E-state index is 11.2. The van der Waals surface area contributed by atoms with Gasteiger partial charge in [0.1, 0.15) is 0 Å². The lowest BCUT2D eigenvalue weighted by Crippen LogP contribution is -2.13. The van der Waals surface area contributed by atoms with E-state index in [1.807, 2.05) is 6.92 Å². The average Bonchev–Trinajstić information content (AvgIpc) is 2.31. The number of ketones is 1. The fraction of sp³-hybridized carbons (Fsp3) is 0.929. The average molecular weight is 327 g/mol. The lowest BCUT2D eigenvalue weighted by molar-refractivity contribution is -0.116. The van der Waals surface area contributed by atoms with Crippen LogP contribution < -0.4 is 0 Å². The Balaban J connectivity index is 0. The number of carbonyl (C=O) groups excluding carboxylic acids is 1. The van der Waals surface area contributed by atoms with Crippen LogP contribution in [0, 0.1) is 0 Å². The van der Waals surface area contributed by atoms with Gasteiger partial charge in [-0.2, -0.15) is 0 Å². The van der Waals surface area contributed by atoms with Crippen LogP contribution in [0.2, 0.25) is 0 Å². The van der Waals surface area contributed by atoms with Crippen molar-refractivity contribution in [3.05, 3.63) is 0 Å². The predicted molar refractivity (Wildman–Crippen MR) is 87.3 cm³/mol. The van der Waals surface area contributed by atoms with E-state index < -0.39 is 10.1 Å². The minimum absolute atomic E-state index is 0.219. The molecule has 4 nitrogen and oxygen atoms in total. The van der Waals surface area contributed by atoms with Crippen LogP contribution in [0.25, 0.3) is 0 Å². The van der Waals surface area contributed by atoms with Gasteiger partial charge in [0, 0.05) is 12.2 Å². The van der Waals surface area contributed by atoms with E-state index in [1.54, 1.807) is 0 Å². The second-order valence-corrected chi connectivity index (χ2v) is 8.88. The summed E-state index contributed by atoms with van der Waals surface area (Å²) < 4.78 is 29.5. The number of Topliss-reactive ketones (excluding diaryl/α,β-unsaturated/α-hetero) is 1. The first-order valence-corrected chi connectivity index (χ1v) is 11.0. The molecule has 0 unspecified atom stereocenters. The highest BCUT2D eigenvalue weighted by molar-refractivity contribution is 7.96. The smallest absolute Gasteiger partial charge is 0.181 e. The van der Waals surface area contributed by atoms with Crippen LogP contribution in [0.1, 0.15) is 58.8 Å². The van der Waals surface area contributed by atoms with Gasteiger partial charge < -0.3 is 4.55 Å². The first kappa shape index (κ1) is 22.2. The summed E-state index contributed by atoms with van der Waals surface area (Å²) in [5.41, 5.74) is 0. The summed E-state index contributed by atoms with van der Waals surface area (Å²) in [5, 5.41) is 0. The van der Waals surface area contributed by atoms with E-state index in [0.29, 0.717) is 23.1 Å². The molecule has 0 atom stereocenters. The molecule has 0 N–H and O–H groups in total. The topological polar surface area (TPSA) is 74.3 Å². The normalized spacial score (nSPS) is 11.1. The molecule has 0 fully saturated rings. The zero-order chi connectivity index (χ0) is 16.0. The van der Waals surface area contributed by atoms with Crippen LogP contribution in [0.5, 0.6) is 0 Å². The molecule has 20 heavy (non-hydrogen) atoms. The molecule has 6 heteroatoms. The highest BCUT2D eigenvalue weighted by Gasteiger charge is 2.10. The van der Waals surface area contributed by atoms with E-state index in [0.717, 1.165) is 25.0 Å². The standard InChI is InChI=1S/C10H21OS.C4H10O3S/c1-4-5-6-7-8-10(11)9-12(2)3;1-2-3-4-8(5,6)7/h4-9H2,1-3H3;2-4H2,1H3,(H,5,6,7)/q+1;/p-1. The van der Waals surface area contributed by atoms with Gasteiger partial charge in [-0.15, -0.1) is 0 Å². The van der Waals surface area contributed by atoms with E-state index >= 15 is 0 Å². The minimum atomic E-state index is -3.94. The number of unbranched alkanes of at least 4 members (excludes halogenated alkanes) is 4. The second kappa shape index (κ2) is 13.9. The molecule has 0 aromatic rings. The first-order valence-electron chi connectivity index (χ1n) is 7.22. The Morgan fingerprint density at radius 2 is 1.55 bits per heavy atom. The fourth-order valence-electron chi connectivity index (χ4n) is 1.46. The monoisotopic (exact) mass is 326 g/mol. The van der Waals surface area contributed by atoms with Crippen molar-refractivity contribution in [1.82, 2.24) is 0 Å². The van der Waals surface area contributed by atoms with Gasteiger partial charge in [0.05, 0.1) is 22.6 Å². The van der Waals surface area contributed by atoms with E-state index in [9.17, 15) is 17.8 Å². The summed E-state index contributed by atoms with van der Waals surface area (Å²) in [4.78, 5) is 11.2. The molecule has 0 rings (SSSR count). The highest BCUT2D eigenvalue weighted by Crippen LogP contribution is 2.03. The molecule has 0 aromatic heterocycles. The highest BCUT2D eigenvalue weighted by atomic mass is 32.2. The van der Waals surface area contributed by atoms with Gasteiger partial charge in [0.2, 0.25) is 0 Å². The molecule has 0 radical (unpaired) electrons. The van der Waals surface area contributed by atoms with E-state index in [-0.39, 0.29) is 5.75 Å². The Hall–Kier alpha value is -0.0700. The molecular formula is C14H30O4S2. The molecule has 0 amide bonds. The molecule has 0 spiro atoms. The number of hydrogen-bond acceptors (Lipinski definition) is 4. The van der Waals surface area contributed by atoms with Crippen molar-refractivity contribution in [3.63, 3.8) is 0 Å². The van der Waals surface area contributed by atoms with E-state index in [1.165, 1.54) is 19.3 Å². The van der Waals surface area contributed by atoms with Gasteiger partial charge in [-0.25, -0.2) is 8.42 Å².